The van der Waals surface area contributed by atoms with Gasteiger partial charge in [-0.2, -0.15) is 5.10 Å². The lowest BCUT2D eigenvalue weighted by Crippen LogP contribution is -2.11. The maximum absolute atomic E-state index is 12.2. The Morgan fingerprint density at radius 1 is 1.47 bits per heavy atom. The highest BCUT2D eigenvalue weighted by atomic mass is 35.5. The molecule has 19 heavy (non-hydrogen) atoms. The van der Waals surface area contributed by atoms with Gasteiger partial charge in [0.1, 0.15) is 12.2 Å². The number of halogens is 3. The Hall–Kier alpha value is -1.50. The molecule has 0 saturated heterocycles. The van der Waals surface area contributed by atoms with Crippen LogP contribution in [-0.4, -0.2) is 27.9 Å². The maximum atomic E-state index is 12.2. The van der Waals surface area contributed by atoms with Gasteiger partial charge in [0, 0.05) is 5.71 Å². The van der Waals surface area contributed by atoms with E-state index in [0.29, 0.717) is 0 Å². The first-order valence-corrected chi connectivity index (χ1v) is 6.25. The first-order chi connectivity index (χ1) is 8.97. The lowest BCUT2D eigenvalue weighted by Gasteiger charge is -2.01. The van der Waals surface area contributed by atoms with E-state index in [-0.39, 0.29) is 16.8 Å². The van der Waals surface area contributed by atoms with Crippen LogP contribution in [0.15, 0.2) is 16.2 Å². The summed E-state index contributed by atoms with van der Waals surface area (Å²) in [5, 5.41) is 3.74. The van der Waals surface area contributed by atoms with Crippen molar-refractivity contribution in [2.75, 3.05) is 0 Å². The van der Waals surface area contributed by atoms with E-state index in [1.165, 1.54) is 6.20 Å². The van der Waals surface area contributed by atoms with Crippen LogP contribution in [0.3, 0.4) is 0 Å². The number of guanidine groups is 1. The Balaban J connectivity index is 2.93. The van der Waals surface area contributed by atoms with Crippen molar-refractivity contribution in [1.82, 2.24) is 9.78 Å². The smallest absolute Gasteiger partial charge is 0.257 e. The van der Waals surface area contributed by atoms with Gasteiger partial charge in [0.25, 0.3) is 6.43 Å². The summed E-state index contributed by atoms with van der Waals surface area (Å²) in [6.45, 7) is 3.35. The normalized spacial score (nSPS) is 12.0. The Morgan fingerprint density at radius 3 is 2.63 bits per heavy atom. The van der Waals surface area contributed by atoms with Crippen LogP contribution in [0.4, 0.5) is 14.5 Å². The second-order valence-corrected chi connectivity index (χ2v) is 4.11. The zero-order valence-electron chi connectivity index (χ0n) is 10.8. The van der Waals surface area contributed by atoms with Crippen LogP contribution in [0.1, 0.15) is 26.7 Å². The molecular formula is C11H16ClF2N5. The number of hydrogen-bond acceptors (Lipinski definition) is 2. The number of aromatic nitrogens is 2. The molecule has 0 amide bonds. The van der Waals surface area contributed by atoms with Gasteiger partial charge in [-0.05, 0) is 12.8 Å². The molecule has 0 bridgehead atoms. The van der Waals surface area contributed by atoms with Gasteiger partial charge in [0.05, 0.1) is 6.20 Å². The first kappa shape index (κ1) is 15.6. The number of rotatable bonds is 5. The second kappa shape index (κ2) is 7.18. The zero-order chi connectivity index (χ0) is 14.4. The molecule has 1 rings (SSSR count). The van der Waals surface area contributed by atoms with Crippen molar-refractivity contribution in [2.24, 2.45) is 15.7 Å². The molecule has 0 fully saturated rings. The van der Waals surface area contributed by atoms with E-state index >= 15 is 0 Å². The minimum absolute atomic E-state index is 0.0213. The number of nitrogens with two attached hydrogens (primary N) is 1. The van der Waals surface area contributed by atoms with Crippen molar-refractivity contribution < 1.29 is 8.78 Å². The van der Waals surface area contributed by atoms with Gasteiger partial charge in [0.2, 0.25) is 5.96 Å². The third kappa shape index (κ3) is 4.59. The molecule has 0 atom stereocenters. The standard InChI is InChI=1S/C11H16ClF2N5/c1-3-7(4-2)17-11(15)18-8-5-16-19(10(8)12)6-9(13)14/h5,9H,3-4,6H2,1-2H3,(H2,15,18). The lowest BCUT2D eigenvalue weighted by molar-refractivity contribution is 0.122. The fraction of sp³-hybridized carbons (Fsp3) is 0.545. The van der Waals surface area contributed by atoms with Gasteiger partial charge < -0.3 is 5.73 Å². The molecule has 106 valence electrons. The Bertz CT molecular complexity index is 475. The van der Waals surface area contributed by atoms with Crippen LogP contribution in [0.25, 0.3) is 0 Å². The van der Waals surface area contributed by atoms with Crippen LogP contribution < -0.4 is 5.73 Å². The number of alkyl halides is 2. The SMILES string of the molecule is CCC(CC)=NC(N)=Nc1cnn(CC(F)F)c1Cl. The highest BCUT2D eigenvalue weighted by molar-refractivity contribution is 6.32. The van der Waals surface area contributed by atoms with Crippen molar-refractivity contribution in [3.05, 3.63) is 11.3 Å². The molecule has 1 aromatic heterocycles. The van der Waals surface area contributed by atoms with E-state index in [4.69, 9.17) is 17.3 Å². The predicted molar refractivity (Wildman–Crippen MR) is 72.5 cm³/mol. The van der Waals surface area contributed by atoms with Crippen LogP contribution >= 0.6 is 11.6 Å². The Kier molecular flexibility index (Phi) is 5.88. The van der Waals surface area contributed by atoms with E-state index in [9.17, 15) is 8.78 Å². The molecule has 0 aliphatic carbocycles. The van der Waals surface area contributed by atoms with Gasteiger partial charge in [-0.1, -0.05) is 25.4 Å². The monoisotopic (exact) mass is 291 g/mol. The molecule has 0 aliphatic rings. The highest BCUT2D eigenvalue weighted by Crippen LogP contribution is 2.24. The summed E-state index contributed by atoms with van der Waals surface area (Å²) >= 11 is 5.87. The summed E-state index contributed by atoms with van der Waals surface area (Å²) in [5.74, 6) is 0.0391. The van der Waals surface area contributed by atoms with Gasteiger partial charge >= 0.3 is 0 Å². The molecule has 8 heteroatoms. The van der Waals surface area contributed by atoms with Crippen molar-refractivity contribution in [3.63, 3.8) is 0 Å². The van der Waals surface area contributed by atoms with Gasteiger partial charge in [-0.25, -0.2) is 23.4 Å². The van der Waals surface area contributed by atoms with Crippen LogP contribution in [-0.2, 0) is 6.54 Å². The van der Waals surface area contributed by atoms with Crippen molar-refractivity contribution >= 4 is 29.0 Å². The molecule has 0 aliphatic heterocycles. The van der Waals surface area contributed by atoms with Gasteiger partial charge in [-0.3, -0.25) is 0 Å². The Morgan fingerprint density at radius 2 is 2.11 bits per heavy atom. The topological polar surface area (TPSA) is 68.6 Å². The molecular weight excluding hydrogens is 276 g/mol. The third-order valence-corrected chi connectivity index (χ3v) is 2.78. The molecule has 2 N–H and O–H groups in total. The molecule has 0 spiro atoms. The summed E-state index contributed by atoms with van der Waals surface area (Å²) in [5.41, 5.74) is 6.79. The molecule has 5 nitrogen and oxygen atoms in total. The first-order valence-electron chi connectivity index (χ1n) is 5.87. The largest absolute Gasteiger partial charge is 0.368 e. The minimum atomic E-state index is -2.53. The molecule has 0 unspecified atom stereocenters. The van der Waals surface area contributed by atoms with Crippen LogP contribution in [0.5, 0.6) is 0 Å². The van der Waals surface area contributed by atoms with E-state index < -0.39 is 13.0 Å². The number of nitrogens with zero attached hydrogens (tertiary/aromatic N) is 4. The Labute approximate surface area is 115 Å². The summed E-state index contributed by atoms with van der Waals surface area (Å²) in [4.78, 5) is 8.09. The quantitative estimate of drug-likeness (QED) is 0.669. The summed E-state index contributed by atoms with van der Waals surface area (Å²) in [7, 11) is 0. The maximum Gasteiger partial charge on any atom is 0.257 e. The summed E-state index contributed by atoms with van der Waals surface area (Å²) in [6, 6.07) is 0. The van der Waals surface area contributed by atoms with E-state index in [2.05, 4.69) is 15.1 Å². The highest BCUT2D eigenvalue weighted by Gasteiger charge is 2.12. The summed E-state index contributed by atoms with van der Waals surface area (Å²) < 4.78 is 25.4. The van der Waals surface area contributed by atoms with Crippen molar-refractivity contribution in [3.8, 4) is 0 Å². The van der Waals surface area contributed by atoms with E-state index in [0.717, 1.165) is 23.2 Å². The molecule has 1 heterocycles. The average molecular weight is 292 g/mol. The van der Waals surface area contributed by atoms with E-state index in [1.54, 1.807) is 0 Å². The lowest BCUT2D eigenvalue weighted by atomic mass is 10.2. The van der Waals surface area contributed by atoms with Gasteiger partial charge in [-0.15, -0.1) is 0 Å². The molecule has 0 saturated carbocycles. The van der Waals surface area contributed by atoms with Crippen molar-refractivity contribution in [2.45, 2.75) is 39.7 Å². The van der Waals surface area contributed by atoms with E-state index in [1.807, 2.05) is 13.8 Å². The minimum Gasteiger partial charge on any atom is -0.368 e. The van der Waals surface area contributed by atoms with Crippen molar-refractivity contribution in [1.29, 1.82) is 0 Å². The fourth-order valence-corrected chi connectivity index (χ4v) is 1.62. The zero-order valence-corrected chi connectivity index (χ0v) is 11.5. The number of hydrogen-bond donors (Lipinski definition) is 1. The van der Waals surface area contributed by atoms with Crippen LogP contribution in [0, 0.1) is 0 Å². The van der Waals surface area contributed by atoms with Gasteiger partial charge in [0.15, 0.2) is 5.15 Å². The second-order valence-electron chi connectivity index (χ2n) is 3.75. The van der Waals surface area contributed by atoms with Crippen LogP contribution in [0.2, 0.25) is 5.15 Å². The predicted octanol–water partition coefficient (Wildman–Crippen LogP) is 3.01. The molecule has 1 aromatic rings. The molecule has 0 aromatic carbocycles. The summed E-state index contributed by atoms with van der Waals surface area (Å²) in [6.07, 6.45) is 0.289. The molecule has 0 radical (unpaired) electrons. The fourth-order valence-electron chi connectivity index (χ4n) is 1.41. The average Bonchev–Trinajstić information content (AvgIpc) is 2.68. The number of aliphatic imine (C=N–C) groups is 2. The third-order valence-electron chi connectivity index (χ3n) is 2.39.